The van der Waals surface area contributed by atoms with Crippen LogP contribution >= 0.6 is 0 Å². The van der Waals surface area contributed by atoms with E-state index < -0.39 is 53.7 Å². The number of carbonyl (C=O) groups excluding carboxylic acids is 4. The molecule has 0 bridgehead atoms. The highest BCUT2D eigenvalue weighted by Crippen LogP contribution is 2.69. The van der Waals surface area contributed by atoms with Crippen molar-refractivity contribution in [2.75, 3.05) is 7.11 Å². The van der Waals surface area contributed by atoms with Crippen molar-refractivity contribution in [3.05, 3.63) is 72.6 Å². The lowest BCUT2D eigenvalue weighted by molar-refractivity contribution is -0.137. The number of imidazole rings is 2. The van der Waals surface area contributed by atoms with Gasteiger partial charge in [0.05, 0.1) is 43.0 Å². The fourth-order valence-electron chi connectivity index (χ4n) is 13.8. The lowest BCUT2D eigenvalue weighted by Gasteiger charge is -2.33. The molecular weight excluding hydrogens is 867 g/mol. The number of alkyl halides is 4. The Bertz CT molecular complexity index is 2620. The number of nitrogens with one attached hydrogen (secondary N) is 4. The second kappa shape index (κ2) is 15.2. The van der Waals surface area contributed by atoms with E-state index in [2.05, 4.69) is 27.5 Å². The molecule has 8 fully saturated rings. The van der Waals surface area contributed by atoms with Crippen LogP contribution in [-0.2, 0) is 19.1 Å². The lowest BCUT2D eigenvalue weighted by atomic mass is 9.78. The van der Waals surface area contributed by atoms with Gasteiger partial charge in [0.15, 0.2) is 5.78 Å². The van der Waals surface area contributed by atoms with Crippen molar-refractivity contribution in [2.45, 2.75) is 107 Å². The van der Waals surface area contributed by atoms with Gasteiger partial charge in [-0.3, -0.25) is 14.4 Å². The molecule has 1 aliphatic heterocycles. The Morgan fingerprint density at radius 1 is 0.731 bits per heavy atom. The van der Waals surface area contributed by atoms with Gasteiger partial charge in [0, 0.05) is 48.0 Å². The maximum atomic E-state index is 14.5. The largest absolute Gasteiger partial charge is 0.453 e. The predicted octanol–water partition coefficient (Wildman–Crippen LogP) is 8.55. The minimum atomic E-state index is -2.69. The number of benzene rings is 2. The number of piperidine rings is 1. The summed E-state index contributed by atoms with van der Waals surface area (Å²) in [5, 5.41) is 5.67. The molecule has 12 rings (SSSR count). The van der Waals surface area contributed by atoms with Crippen molar-refractivity contribution >= 4 is 23.7 Å². The Kier molecular flexibility index (Phi) is 9.73. The summed E-state index contributed by atoms with van der Waals surface area (Å²) in [6, 6.07) is 14.3. The Labute approximate surface area is 385 Å². The number of ketones is 1. The molecular formula is C51H55F4N7O5. The zero-order valence-corrected chi connectivity index (χ0v) is 37.6. The van der Waals surface area contributed by atoms with Crippen LogP contribution in [0.2, 0.25) is 0 Å². The molecule has 67 heavy (non-hydrogen) atoms. The minimum Gasteiger partial charge on any atom is -0.453 e. The molecule has 0 spiro atoms. The number of rotatable bonds is 13. The Morgan fingerprint density at radius 2 is 1.25 bits per heavy atom. The third-order valence-electron chi connectivity index (χ3n) is 17.8. The second-order valence-electron chi connectivity index (χ2n) is 21.2. The Morgan fingerprint density at radius 3 is 1.81 bits per heavy atom. The van der Waals surface area contributed by atoms with Gasteiger partial charge in [-0.2, -0.15) is 0 Å². The van der Waals surface area contributed by atoms with E-state index in [9.17, 15) is 36.7 Å². The normalized spacial score (nSPS) is 36.0. The summed E-state index contributed by atoms with van der Waals surface area (Å²) >= 11 is 0. The van der Waals surface area contributed by atoms with E-state index in [1.807, 2.05) is 53.4 Å². The molecule has 4 N–H and O–H groups in total. The molecule has 3 amide bonds. The van der Waals surface area contributed by atoms with Crippen LogP contribution < -0.4 is 10.6 Å². The van der Waals surface area contributed by atoms with E-state index in [1.165, 1.54) is 7.11 Å². The van der Waals surface area contributed by atoms with Gasteiger partial charge in [-0.25, -0.2) is 32.3 Å². The van der Waals surface area contributed by atoms with Gasteiger partial charge in [-0.1, -0.05) is 62.4 Å². The van der Waals surface area contributed by atoms with Crippen LogP contribution in [0.5, 0.6) is 0 Å². The molecule has 1 saturated heterocycles. The Hall–Kier alpha value is -5.54. The quantitative estimate of drug-likeness (QED) is 0.0978. The number of Topliss-reactive ketones (excluding diaryl/α,β-unsaturated/α-hetero) is 1. The third kappa shape index (κ3) is 6.95. The first-order chi connectivity index (χ1) is 32.2. The molecule has 352 valence electrons. The molecule has 7 aliphatic carbocycles. The first kappa shape index (κ1) is 42.8. The van der Waals surface area contributed by atoms with Crippen LogP contribution in [-0.4, -0.2) is 85.6 Å². The van der Waals surface area contributed by atoms with E-state index in [1.54, 1.807) is 19.3 Å². The van der Waals surface area contributed by atoms with Crippen LogP contribution in [0.25, 0.3) is 33.6 Å². The number of likely N-dealkylation sites (tertiary alicyclic amines) is 1. The first-order valence-corrected chi connectivity index (χ1v) is 24.2. The standard InChI is InChI=1S/C51H55F4N7O5/c1-4-40(63)60-43(28-13-32-33(14-28)50(32,52)53)45(64)42-31(19-30-22(2)41(30)42)46-56-20-36(58-46)25-9-5-23(6-10-25)24-7-11-26(12-8-24)37-21-57-47(59-37)39-18-27-17-38(27)62(39)48(65)44(61-49(66)67-3)29-15-34-35(16-29)51(34,54)55/h5-12,20-22,27-35,38-39,41-44H,4,13-19H2,1-3H3,(H,56,58)(H,57,59)(H,60,63)(H,61,66)/t22-,27?,28?,29?,30+,31-,32-,33+,34-,35+,38?,39+,41-,42?,43?,44?/m1/s1. The van der Waals surface area contributed by atoms with E-state index in [4.69, 9.17) is 14.7 Å². The fraction of sp³-hybridized carbons (Fsp3) is 0.569. The summed E-state index contributed by atoms with van der Waals surface area (Å²) in [6.45, 7) is 3.91. The molecule has 2 aromatic carbocycles. The predicted molar refractivity (Wildman–Crippen MR) is 236 cm³/mol. The molecule has 2 aromatic heterocycles. The lowest BCUT2D eigenvalue weighted by Crippen LogP contribution is -2.53. The molecule has 7 unspecified atom stereocenters. The van der Waals surface area contributed by atoms with Gasteiger partial charge in [-0.15, -0.1) is 0 Å². The van der Waals surface area contributed by atoms with Crippen LogP contribution in [0, 0.1) is 65.1 Å². The van der Waals surface area contributed by atoms with Gasteiger partial charge >= 0.3 is 6.09 Å². The maximum Gasteiger partial charge on any atom is 0.407 e. The monoisotopic (exact) mass is 921 g/mol. The van der Waals surface area contributed by atoms with Crippen molar-refractivity contribution in [1.82, 2.24) is 35.5 Å². The van der Waals surface area contributed by atoms with Crippen molar-refractivity contribution in [1.29, 1.82) is 0 Å². The zero-order chi connectivity index (χ0) is 46.4. The summed E-state index contributed by atoms with van der Waals surface area (Å²) in [4.78, 5) is 72.1. The number of alkyl carbamates (subject to hydrolysis) is 1. The van der Waals surface area contributed by atoms with Crippen LogP contribution in [0.3, 0.4) is 0 Å². The number of aromatic nitrogens is 4. The Balaban J connectivity index is 0.714. The highest BCUT2D eigenvalue weighted by molar-refractivity contribution is 5.92. The number of amides is 3. The summed E-state index contributed by atoms with van der Waals surface area (Å²) in [5.41, 5.74) is 5.49. The molecule has 0 radical (unpaired) electrons. The summed E-state index contributed by atoms with van der Waals surface area (Å²) < 4.78 is 61.5. The van der Waals surface area contributed by atoms with Gasteiger partial charge < -0.3 is 30.2 Å². The van der Waals surface area contributed by atoms with Gasteiger partial charge in [0.25, 0.3) is 11.8 Å². The topological polar surface area (TPSA) is 162 Å². The molecule has 3 heterocycles. The van der Waals surface area contributed by atoms with Gasteiger partial charge in [0.2, 0.25) is 11.8 Å². The van der Waals surface area contributed by atoms with Crippen molar-refractivity contribution < 1.29 is 41.5 Å². The van der Waals surface area contributed by atoms with Crippen LogP contribution in [0.15, 0.2) is 60.9 Å². The molecule has 12 nitrogen and oxygen atoms in total. The first-order valence-electron chi connectivity index (χ1n) is 24.2. The van der Waals surface area contributed by atoms with Crippen molar-refractivity contribution in [3.8, 4) is 33.6 Å². The summed E-state index contributed by atoms with van der Waals surface area (Å²) in [5.74, 6) is -7.18. The summed E-state index contributed by atoms with van der Waals surface area (Å²) in [7, 11) is 1.23. The third-order valence-corrected chi connectivity index (χ3v) is 17.8. The van der Waals surface area contributed by atoms with E-state index in [-0.39, 0.29) is 91.4 Å². The molecule has 7 saturated carbocycles. The molecule has 16 atom stereocenters. The molecule has 8 aliphatic rings. The highest BCUT2D eigenvalue weighted by atomic mass is 19.3. The van der Waals surface area contributed by atoms with E-state index in [0.29, 0.717) is 23.6 Å². The average Bonchev–Trinajstić information content (AvgIpc) is 3.97. The number of hydrogen-bond donors (Lipinski definition) is 4. The van der Waals surface area contributed by atoms with E-state index in [0.717, 1.165) is 58.7 Å². The average molecular weight is 922 g/mol. The smallest absolute Gasteiger partial charge is 0.407 e. The zero-order valence-electron chi connectivity index (χ0n) is 37.6. The fourth-order valence-corrected chi connectivity index (χ4v) is 13.8. The number of nitrogens with zero attached hydrogens (tertiary/aromatic N) is 3. The number of halogens is 4. The highest BCUT2D eigenvalue weighted by Gasteiger charge is 2.74. The van der Waals surface area contributed by atoms with E-state index >= 15 is 0 Å². The maximum absolute atomic E-state index is 14.5. The van der Waals surface area contributed by atoms with Crippen LogP contribution in [0.1, 0.15) is 88.8 Å². The van der Waals surface area contributed by atoms with Crippen molar-refractivity contribution in [3.63, 3.8) is 0 Å². The number of carbonyl (C=O) groups is 4. The number of aromatic amines is 2. The second-order valence-corrected chi connectivity index (χ2v) is 21.2. The van der Waals surface area contributed by atoms with Crippen LogP contribution in [0.4, 0.5) is 22.4 Å². The van der Waals surface area contributed by atoms with Gasteiger partial charge in [0.1, 0.15) is 17.7 Å². The number of hydrogen-bond acceptors (Lipinski definition) is 7. The molecule has 4 aromatic rings. The number of fused-ring (bicyclic) bond motifs is 4. The number of ether oxygens (including phenoxy) is 1. The number of methoxy groups -OCH3 is 1. The number of H-pyrrole nitrogens is 2. The van der Waals surface area contributed by atoms with Gasteiger partial charge in [-0.05, 0) is 103 Å². The minimum absolute atomic E-state index is 0.0200. The summed E-state index contributed by atoms with van der Waals surface area (Å²) in [6.07, 6.45) is 6.36. The SMILES string of the molecule is CCC(=O)NC(C(=O)C1[C@@H]2[C@H](C)[C@@H]2C[C@H]1c1ncc(-c2ccc(-c3ccc(-c4cnc([C@@H]5CC6CC6N5C(=O)C(NC(=O)OC)C5C[C@@H]6[C@H](C5)C6(F)F)[nH]4)cc3)cc2)[nH]1)C1C[C@@H]2[C@H](C1)C2(F)F. The van der Waals surface area contributed by atoms with Crippen molar-refractivity contribution in [2.24, 2.45) is 65.1 Å². The molecule has 16 heteroatoms.